The highest BCUT2D eigenvalue weighted by molar-refractivity contribution is 9.10. The normalized spacial score (nSPS) is 11.2. The van der Waals surface area contributed by atoms with Crippen LogP contribution in [-0.4, -0.2) is 33.3 Å². The molecule has 2 aromatic carbocycles. The second-order valence-corrected chi connectivity index (χ2v) is 12.5. The molecule has 216 valence electrons. The molecule has 0 amide bonds. The summed E-state index contributed by atoms with van der Waals surface area (Å²) in [5.41, 5.74) is 3.48. The minimum atomic E-state index is -2.30. The van der Waals surface area contributed by atoms with Crippen molar-refractivity contribution >= 4 is 65.0 Å². The zero-order valence-electron chi connectivity index (χ0n) is 22.6. The summed E-state index contributed by atoms with van der Waals surface area (Å²) in [6.45, 7) is 4.47. The molecule has 0 unspecified atom stereocenters. The Morgan fingerprint density at radius 2 is 1.95 bits per heavy atom. The number of anilines is 2. The van der Waals surface area contributed by atoms with Crippen LogP contribution >= 0.6 is 27.3 Å². The lowest BCUT2D eigenvalue weighted by molar-refractivity contribution is 0.303. The van der Waals surface area contributed by atoms with E-state index < -0.39 is 10.3 Å². The van der Waals surface area contributed by atoms with Crippen LogP contribution < -0.4 is 15.4 Å². The van der Waals surface area contributed by atoms with E-state index in [0.29, 0.717) is 41.4 Å². The molecule has 0 spiro atoms. The van der Waals surface area contributed by atoms with E-state index in [0.717, 1.165) is 26.1 Å². The maximum atomic E-state index is 13.5. The Morgan fingerprint density at radius 3 is 2.71 bits per heavy atom. The summed E-state index contributed by atoms with van der Waals surface area (Å²) in [6, 6.07) is 13.7. The molecule has 0 fully saturated rings. The van der Waals surface area contributed by atoms with Crippen molar-refractivity contribution in [3.8, 4) is 17.1 Å². The molecule has 13 heteroatoms. The van der Waals surface area contributed by atoms with Crippen LogP contribution in [-0.2, 0) is 23.4 Å². The highest BCUT2D eigenvalue weighted by atomic mass is 79.9. The second kappa shape index (κ2) is 13.5. The smallest absolute Gasteiger partial charge is 0.228 e. The second-order valence-electron chi connectivity index (χ2n) is 9.73. The molecule has 0 saturated heterocycles. The van der Waals surface area contributed by atoms with Gasteiger partial charge in [-0.15, -0.1) is 11.3 Å². The third-order valence-corrected chi connectivity index (χ3v) is 8.23. The predicted octanol–water partition coefficient (Wildman–Crippen LogP) is 6.52. The van der Waals surface area contributed by atoms with Crippen LogP contribution in [0.4, 0.5) is 15.9 Å². The average Bonchev–Trinajstić information content (AvgIpc) is 3.44. The zero-order valence-corrected chi connectivity index (χ0v) is 25.9. The Balaban J connectivity index is 1.31. The van der Waals surface area contributed by atoms with Gasteiger partial charge in [0.05, 0.1) is 34.1 Å². The van der Waals surface area contributed by atoms with Gasteiger partial charge in [0.1, 0.15) is 40.3 Å². The molecule has 0 aliphatic heterocycles. The number of hydrogen-bond acceptors (Lipinski definition) is 9. The number of nitrogens with zero attached hydrogens (tertiary/aromatic N) is 4. The first-order valence-electron chi connectivity index (χ1n) is 12.9. The standard InChI is InChI=1S/C29H26BrFN6O3S2/c1-17(2)8-28(42(38)39)33-13-27-37-25(15-41-27)23-11-21-24(12-32-23)34-16-35-29(21)36-20-6-7-26(22(30)10-20)40-14-18-4-3-5-19(31)9-18/h3-7,9-12,15-17,33H,8,13-14H2,1-2H3,(H,34,35,36). The average molecular weight is 670 g/mol. The number of thiazole rings is 1. The molecule has 9 nitrogen and oxygen atoms in total. The maximum absolute atomic E-state index is 13.5. The van der Waals surface area contributed by atoms with E-state index in [-0.39, 0.29) is 23.3 Å². The lowest BCUT2D eigenvalue weighted by Gasteiger charge is -2.12. The number of ether oxygens (including phenoxy) is 1. The topological polar surface area (TPSA) is 119 Å². The highest BCUT2D eigenvalue weighted by Crippen LogP contribution is 2.32. The van der Waals surface area contributed by atoms with Gasteiger partial charge >= 0.3 is 0 Å². The summed E-state index contributed by atoms with van der Waals surface area (Å²) < 4.78 is 43.1. The summed E-state index contributed by atoms with van der Waals surface area (Å²) in [6.07, 6.45) is 3.58. The van der Waals surface area contributed by atoms with E-state index in [1.807, 2.05) is 43.5 Å². The molecule has 3 aromatic heterocycles. The van der Waals surface area contributed by atoms with Gasteiger partial charge in [-0.1, -0.05) is 26.0 Å². The number of halogens is 2. The summed E-state index contributed by atoms with van der Waals surface area (Å²) >= 11 is 4.98. The number of hydrogen-bond donors (Lipinski definition) is 2. The van der Waals surface area contributed by atoms with Crippen molar-refractivity contribution in [2.75, 3.05) is 5.32 Å². The maximum Gasteiger partial charge on any atom is 0.228 e. The molecular weight excluding hydrogens is 643 g/mol. The van der Waals surface area contributed by atoms with Gasteiger partial charge in [-0.25, -0.2) is 19.3 Å². The first-order chi connectivity index (χ1) is 20.2. The Kier molecular flexibility index (Phi) is 9.52. The molecular formula is C29H26BrFN6O3S2. The van der Waals surface area contributed by atoms with Gasteiger partial charge in [0.25, 0.3) is 0 Å². The molecule has 3 heterocycles. The number of rotatable bonds is 10. The van der Waals surface area contributed by atoms with Crippen LogP contribution in [0.15, 0.2) is 70.9 Å². The molecule has 0 aliphatic rings. The largest absolute Gasteiger partial charge is 0.488 e. The Hall–Kier alpha value is -3.78. The highest BCUT2D eigenvalue weighted by Gasteiger charge is 2.13. The lowest BCUT2D eigenvalue weighted by atomic mass is 10.1. The van der Waals surface area contributed by atoms with Crippen LogP contribution in [0.25, 0.3) is 22.3 Å². The van der Waals surface area contributed by atoms with E-state index in [4.69, 9.17) is 4.74 Å². The fourth-order valence-corrected chi connectivity index (χ4v) is 5.95. The minimum absolute atomic E-state index is 0.211. The van der Waals surface area contributed by atoms with E-state index in [1.165, 1.54) is 29.8 Å². The van der Waals surface area contributed by atoms with Gasteiger partial charge in [-0.2, -0.15) is 8.42 Å². The minimum Gasteiger partial charge on any atom is -0.488 e. The molecule has 0 aliphatic carbocycles. The van der Waals surface area contributed by atoms with Gasteiger partial charge in [0.2, 0.25) is 10.3 Å². The van der Waals surface area contributed by atoms with Crippen LogP contribution in [0.1, 0.15) is 30.8 Å². The van der Waals surface area contributed by atoms with Crippen molar-refractivity contribution in [2.45, 2.75) is 33.4 Å². The van der Waals surface area contributed by atoms with E-state index in [9.17, 15) is 12.8 Å². The first kappa shape index (κ1) is 29.7. The predicted molar refractivity (Wildman–Crippen MR) is 167 cm³/mol. The van der Waals surface area contributed by atoms with Gasteiger partial charge in [-0.05, 0) is 70.2 Å². The number of pyridine rings is 1. The van der Waals surface area contributed by atoms with E-state index in [2.05, 4.69) is 46.5 Å². The number of aromatic nitrogens is 4. The zero-order chi connectivity index (χ0) is 29.6. The molecule has 5 rings (SSSR count). The summed E-state index contributed by atoms with van der Waals surface area (Å²) in [7, 11) is -2.30. The van der Waals surface area contributed by atoms with Crippen LogP contribution in [0.2, 0.25) is 0 Å². The number of benzene rings is 2. The van der Waals surface area contributed by atoms with E-state index in [1.54, 1.807) is 18.3 Å². The first-order valence-corrected chi connectivity index (χ1v) is 15.7. The van der Waals surface area contributed by atoms with Gasteiger partial charge in [-0.3, -0.25) is 10.3 Å². The lowest BCUT2D eigenvalue weighted by Crippen LogP contribution is -2.25. The van der Waals surface area contributed by atoms with Crippen molar-refractivity contribution in [1.82, 2.24) is 25.3 Å². The Bertz CT molecular complexity index is 1870. The van der Waals surface area contributed by atoms with Crippen LogP contribution in [0.5, 0.6) is 5.75 Å². The van der Waals surface area contributed by atoms with Crippen molar-refractivity contribution in [2.24, 2.45) is 5.92 Å². The summed E-state index contributed by atoms with van der Waals surface area (Å²) in [5, 5.41) is 9.72. The summed E-state index contributed by atoms with van der Waals surface area (Å²) in [4.78, 5) is 18.3. The van der Waals surface area contributed by atoms with Crippen LogP contribution in [0, 0.1) is 11.7 Å². The fourth-order valence-electron chi connectivity index (χ4n) is 4.07. The molecule has 5 aromatic rings. The quantitative estimate of drug-likeness (QED) is 0.160. The third kappa shape index (κ3) is 7.53. The SMILES string of the molecule is CC(C)CC(NCc1nc(-c2cc3c(Nc4ccc(OCc5cccc(F)c5)c(Br)c4)ncnc3cn2)cs1)=S(=O)=O. The molecule has 0 bridgehead atoms. The number of fused-ring (bicyclic) bond motifs is 1. The fraction of sp³-hybridized carbons (Fsp3) is 0.207. The van der Waals surface area contributed by atoms with Gasteiger partial charge < -0.3 is 10.1 Å². The third-order valence-electron chi connectivity index (χ3n) is 6.05. The Morgan fingerprint density at radius 1 is 1.10 bits per heavy atom. The van der Waals surface area contributed by atoms with Crippen molar-refractivity contribution < 1.29 is 17.5 Å². The Labute approximate surface area is 255 Å². The monoisotopic (exact) mass is 668 g/mol. The molecule has 0 radical (unpaired) electrons. The van der Waals surface area contributed by atoms with Crippen LogP contribution in [0.3, 0.4) is 0 Å². The molecule has 2 N–H and O–H groups in total. The molecule has 42 heavy (non-hydrogen) atoms. The van der Waals surface area contributed by atoms with Gasteiger partial charge in [0.15, 0.2) is 0 Å². The van der Waals surface area contributed by atoms with Crippen molar-refractivity contribution in [3.63, 3.8) is 0 Å². The summed E-state index contributed by atoms with van der Waals surface area (Å²) in [5.74, 6) is 1.12. The van der Waals surface area contributed by atoms with Crippen molar-refractivity contribution in [1.29, 1.82) is 0 Å². The van der Waals surface area contributed by atoms with Gasteiger partial charge in [0, 0.05) is 16.5 Å². The van der Waals surface area contributed by atoms with E-state index >= 15 is 0 Å². The number of nitrogens with one attached hydrogen (secondary N) is 2. The molecule has 0 saturated carbocycles. The van der Waals surface area contributed by atoms with Crippen molar-refractivity contribution in [3.05, 3.63) is 87.3 Å². The molecule has 0 atom stereocenters.